The fourth-order valence-corrected chi connectivity index (χ4v) is 12.0. The van der Waals surface area contributed by atoms with E-state index in [1.807, 2.05) is 221 Å². The van der Waals surface area contributed by atoms with Gasteiger partial charge >= 0.3 is 0 Å². The molecule has 16 aromatic rings. The quantitative estimate of drug-likeness (QED) is 0.142. The van der Waals surface area contributed by atoms with Crippen molar-refractivity contribution >= 4 is 97.5 Å². The highest BCUT2D eigenvalue weighted by Gasteiger charge is 2.10. The Balaban J connectivity index is 0.000000621. The molecule has 16 rings (SSSR count). The summed E-state index contributed by atoms with van der Waals surface area (Å²) in [6.07, 6.45) is 1.87. The number of fused-ring (bicyclic) bond motifs is 12. The van der Waals surface area contributed by atoms with E-state index in [9.17, 15) is 0 Å². The predicted octanol–water partition coefficient (Wildman–Crippen LogP) is 31.7. The topological polar surface area (TPSA) is 69.4 Å². The molecule has 0 fully saturated rings. The third kappa shape index (κ3) is 28.6. The van der Waals surface area contributed by atoms with Crippen LogP contribution in [0.3, 0.4) is 0 Å². The van der Waals surface area contributed by atoms with Crippen LogP contribution in [0.5, 0.6) is 0 Å². The second kappa shape index (κ2) is 53.4. The molecule has 109 heavy (non-hydrogen) atoms. The van der Waals surface area contributed by atoms with Gasteiger partial charge in [-0.15, -0.1) is 0 Å². The van der Waals surface area contributed by atoms with Crippen molar-refractivity contribution in [1.82, 2.24) is 29.5 Å². The van der Waals surface area contributed by atoms with Crippen LogP contribution in [0.25, 0.3) is 97.5 Å². The van der Waals surface area contributed by atoms with Crippen molar-refractivity contribution in [3.63, 3.8) is 0 Å². The molecular formula is C103H136N6. The molecule has 0 saturated carbocycles. The standard InChI is InChI=1S/C20H16.C14H13N.C12H12.2C11H11N.C10H10N2.C7H9N.9C2H6/c1-13-11-19-18-10-6-4-8-16(18)14(2)12-20(19)17-9-5-3-7-15(13)17;1-10-7-8-12-11-5-3-4-6-13(11)15(2)14(12)9-10;1-9-3-5-11-6-4-10(2)8-12(11)7-9;1-8-7-10-5-3-4-6-11(10)9(2)12-8;1-8-7-9(2)12-11-6-4-3-5-10(8)11;1-7-9-5-3-4-6-10(9)12-8(2)11-7;1-6-3-4-7(2)8-5-6;9*1-2/h3-12H,1-2H3;3-9H,1-2H3;3-8H,1-2H3;2*3-7H,1-2H3;3-6H,1-2H3;3-5H,1-2H3;9*1-2H3. The first kappa shape index (κ1) is 96.6. The summed E-state index contributed by atoms with van der Waals surface area (Å²) in [6.45, 7) is 63.0. The molecule has 5 heterocycles. The number of benzene rings is 11. The lowest BCUT2D eigenvalue weighted by atomic mass is 9.92. The normalized spacial score (nSPS) is 9.47. The van der Waals surface area contributed by atoms with Gasteiger partial charge in [-0.2, -0.15) is 0 Å². The van der Waals surface area contributed by atoms with Crippen LogP contribution in [-0.4, -0.2) is 29.5 Å². The molecule has 0 atom stereocenters. The molecule has 0 bridgehead atoms. The molecule has 0 spiro atoms. The molecule has 0 amide bonds. The van der Waals surface area contributed by atoms with Crippen LogP contribution in [-0.2, 0) is 7.05 Å². The Morgan fingerprint density at radius 1 is 0.220 bits per heavy atom. The number of aromatic nitrogens is 6. The molecular weight excluding hydrogens is 1320 g/mol. The number of aryl methyl sites for hydroxylation is 14. The third-order valence-electron chi connectivity index (χ3n) is 16.6. The van der Waals surface area contributed by atoms with Gasteiger partial charge in [0.1, 0.15) is 5.82 Å². The Morgan fingerprint density at radius 3 is 1.09 bits per heavy atom. The fraction of sp³-hybridized carbons (Fsp3) is 0.311. The van der Waals surface area contributed by atoms with Crippen molar-refractivity contribution in [2.45, 2.75) is 215 Å². The van der Waals surface area contributed by atoms with E-state index in [4.69, 9.17) is 0 Å². The molecule has 0 saturated heterocycles. The second-order valence-corrected chi connectivity index (χ2v) is 24.0. The molecule has 0 aliphatic rings. The van der Waals surface area contributed by atoms with Gasteiger partial charge in [0.25, 0.3) is 0 Å². The minimum Gasteiger partial charge on any atom is -0.344 e. The molecule has 11 aromatic carbocycles. The molecule has 6 nitrogen and oxygen atoms in total. The number of rotatable bonds is 0. The highest BCUT2D eigenvalue weighted by Crippen LogP contribution is 2.35. The summed E-state index contributed by atoms with van der Waals surface area (Å²) in [5.41, 5.74) is 19.4. The van der Waals surface area contributed by atoms with Crippen molar-refractivity contribution in [3.8, 4) is 0 Å². The van der Waals surface area contributed by atoms with Gasteiger partial charge in [-0.25, -0.2) is 9.97 Å². The molecule has 6 heteroatoms. The molecule has 578 valence electrons. The van der Waals surface area contributed by atoms with Crippen LogP contribution < -0.4 is 0 Å². The van der Waals surface area contributed by atoms with Gasteiger partial charge in [-0.3, -0.25) is 15.0 Å². The lowest BCUT2D eigenvalue weighted by molar-refractivity contribution is 1.01. The largest absolute Gasteiger partial charge is 0.344 e. The minimum absolute atomic E-state index is 0.839. The summed E-state index contributed by atoms with van der Waals surface area (Å²) in [5.74, 6) is 0.839. The first-order chi connectivity index (χ1) is 52.9. The van der Waals surface area contributed by atoms with Gasteiger partial charge < -0.3 is 4.57 Å². The zero-order chi connectivity index (χ0) is 82.3. The summed E-state index contributed by atoms with van der Waals surface area (Å²) in [5, 5.41) is 18.4. The average Bonchev–Trinajstić information content (AvgIpc) is 1.56. The maximum absolute atomic E-state index is 4.44. The van der Waals surface area contributed by atoms with Gasteiger partial charge in [0, 0.05) is 79.7 Å². The number of hydrogen-bond donors (Lipinski definition) is 0. The van der Waals surface area contributed by atoms with Gasteiger partial charge in [0.15, 0.2) is 0 Å². The van der Waals surface area contributed by atoms with Crippen LogP contribution in [0.1, 0.15) is 198 Å². The molecule has 0 aliphatic heterocycles. The monoisotopic (exact) mass is 1460 g/mol. The Labute approximate surface area is 660 Å². The third-order valence-corrected chi connectivity index (χ3v) is 16.6. The van der Waals surface area contributed by atoms with Gasteiger partial charge in [-0.05, 0) is 209 Å². The van der Waals surface area contributed by atoms with E-state index < -0.39 is 0 Å². The van der Waals surface area contributed by atoms with E-state index >= 15 is 0 Å². The SMILES string of the molecule is CC.CC.CC.CC.CC.CC.CC.CC.CC.Cc1cc(C)c2ccccc2n1.Cc1cc2c3ccccc3c(C)cc2c2ccccc12.Cc1cc2ccccc2c(C)n1.Cc1ccc(C)nc1.Cc1ccc2c3ccccc3n(C)c2c1.Cc1ccc2ccc(C)cc2c1.Cc1nc(C)c2ccccc2n1. The van der Waals surface area contributed by atoms with Crippen molar-refractivity contribution in [1.29, 1.82) is 0 Å². The van der Waals surface area contributed by atoms with Gasteiger partial charge in [0.05, 0.1) is 11.0 Å². The van der Waals surface area contributed by atoms with Crippen molar-refractivity contribution in [2.75, 3.05) is 0 Å². The molecule has 5 aromatic heterocycles. The van der Waals surface area contributed by atoms with Crippen molar-refractivity contribution in [2.24, 2.45) is 7.05 Å². The van der Waals surface area contributed by atoms with E-state index in [0.29, 0.717) is 0 Å². The molecule has 0 N–H and O–H groups in total. The highest BCUT2D eigenvalue weighted by molar-refractivity contribution is 6.19. The van der Waals surface area contributed by atoms with Crippen LogP contribution >= 0.6 is 0 Å². The van der Waals surface area contributed by atoms with Gasteiger partial charge in [0.2, 0.25) is 0 Å². The number of pyridine rings is 3. The number of nitrogens with zero attached hydrogens (tertiary/aromatic N) is 6. The smallest absolute Gasteiger partial charge is 0.126 e. The molecule has 0 unspecified atom stereocenters. The highest BCUT2D eigenvalue weighted by atomic mass is 14.9. The van der Waals surface area contributed by atoms with E-state index in [1.165, 1.54) is 120 Å². The van der Waals surface area contributed by atoms with Crippen molar-refractivity contribution in [3.05, 3.63) is 316 Å². The van der Waals surface area contributed by atoms with E-state index in [2.05, 4.69) is 273 Å². The zero-order valence-electron chi connectivity index (χ0n) is 73.3. The average molecular weight is 1460 g/mol. The van der Waals surface area contributed by atoms with Crippen LogP contribution in [0.15, 0.2) is 243 Å². The maximum Gasteiger partial charge on any atom is 0.126 e. The van der Waals surface area contributed by atoms with Gasteiger partial charge in [-0.1, -0.05) is 330 Å². The summed E-state index contributed by atoms with van der Waals surface area (Å²) < 4.78 is 2.26. The summed E-state index contributed by atoms with van der Waals surface area (Å²) in [6, 6.07) is 83.3. The maximum atomic E-state index is 4.44. The number of hydrogen-bond acceptors (Lipinski definition) is 5. The molecule has 0 radical (unpaired) electrons. The Hall–Kier alpha value is -10.4. The second-order valence-electron chi connectivity index (χ2n) is 24.0. The van der Waals surface area contributed by atoms with Crippen molar-refractivity contribution < 1.29 is 0 Å². The van der Waals surface area contributed by atoms with E-state index in [1.54, 1.807) is 0 Å². The van der Waals surface area contributed by atoms with Crippen LogP contribution in [0.4, 0.5) is 0 Å². The minimum atomic E-state index is 0.839. The Morgan fingerprint density at radius 2 is 0.596 bits per heavy atom. The zero-order valence-corrected chi connectivity index (χ0v) is 73.3. The summed E-state index contributed by atoms with van der Waals surface area (Å²) in [7, 11) is 2.13. The van der Waals surface area contributed by atoms with E-state index in [-0.39, 0.29) is 0 Å². The molecule has 0 aliphatic carbocycles. The predicted molar refractivity (Wildman–Crippen MR) is 494 cm³/mol. The lowest BCUT2D eigenvalue weighted by Crippen LogP contribution is -1.92. The Kier molecular flexibility index (Phi) is 47.3. The first-order valence-electron chi connectivity index (χ1n) is 40.4. The fourth-order valence-electron chi connectivity index (χ4n) is 12.0. The lowest BCUT2D eigenvalue weighted by Gasteiger charge is -2.12. The summed E-state index contributed by atoms with van der Waals surface area (Å²) in [4.78, 5) is 21.5. The summed E-state index contributed by atoms with van der Waals surface area (Å²) >= 11 is 0. The number of para-hydroxylation sites is 3. The van der Waals surface area contributed by atoms with E-state index in [0.717, 1.165) is 50.7 Å². The van der Waals surface area contributed by atoms with Crippen LogP contribution in [0.2, 0.25) is 0 Å². The van der Waals surface area contributed by atoms with Crippen LogP contribution in [0, 0.1) is 90.0 Å². The Bertz CT molecular complexity index is 4890. The first-order valence-corrected chi connectivity index (χ1v) is 40.4.